The number of nitrogens with one attached hydrogen (secondary N) is 2. The van der Waals surface area contributed by atoms with Gasteiger partial charge in [-0.3, -0.25) is 4.98 Å². The molecule has 190 valence electrons. The number of aromatic nitrogens is 1. The smallest absolute Gasteiger partial charge is 0.319 e. The molecule has 35 heavy (non-hydrogen) atoms. The first-order valence-corrected chi connectivity index (χ1v) is 12.6. The summed E-state index contributed by atoms with van der Waals surface area (Å²) in [5.41, 5.74) is 0.997. The van der Waals surface area contributed by atoms with Crippen molar-refractivity contribution in [3.05, 3.63) is 53.1 Å². The summed E-state index contributed by atoms with van der Waals surface area (Å²) >= 11 is 5.93. The van der Waals surface area contributed by atoms with Crippen LogP contribution < -0.4 is 15.4 Å². The van der Waals surface area contributed by atoms with Crippen molar-refractivity contribution < 1.29 is 18.7 Å². The van der Waals surface area contributed by atoms with Crippen LogP contribution in [0, 0.1) is 11.7 Å². The van der Waals surface area contributed by atoms with Crippen molar-refractivity contribution in [2.75, 3.05) is 39.2 Å². The highest BCUT2D eigenvalue weighted by Gasteiger charge is 2.35. The molecular formula is C26H34ClFN4O3. The number of anilines is 1. The number of hydrogen-bond acceptors (Lipinski definition) is 5. The predicted octanol–water partition coefficient (Wildman–Crippen LogP) is 5.07. The molecule has 9 heteroatoms. The van der Waals surface area contributed by atoms with Crippen molar-refractivity contribution in [3.63, 3.8) is 0 Å². The summed E-state index contributed by atoms with van der Waals surface area (Å²) in [6, 6.07) is 7.69. The lowest BCUT2D eigenvalue weighted by Gasteiger charge is -2.41. The zero-order chi connectivity index (χ0) is 24.8. The minimum absolute atomic E-state index is 0.252. The average Bonchev–Trinajstić information content (AvgIpc) is 2.87. The highest BCUT2D eigenvalue weighted by atomic mass is 35.5. The monoisotopic (exact) mass is 504 g/mol. The van der Waals surface area contributed by atoms with Crippen molar-refractivity contribution in [2.45, 2.75) is 50.2 Å². The van der Waals surface area contributed by atoms with Gasteiger partial charge in [-0.25, -0.2) is 9.18 Å². The summed E-state index contributed by atoms with van der Waals surface area (Å²) in [5, 5.41) is 6.50. The number of ether oxygens (including phenoxy) is 2. The first-order chi connectivity index (χ1) is 16.9. The summed E-state index contributed by atoms with van der Waals surface area (Å²) in [6.07, 6.45) is 7.06. The highest BCUT2D eigenvalue weighted by Crippen LogP contribution is 2.32. The summed E-state index contributed by atoms with van der Waals surface area (Å²) in [5.74, 6) is 0.287. The Balaban J connectivity index is 1.45. The highest BCUT2D eigenvalue weighted by molar-refractivity contribution is 6.30. The van der Waals surface area contributed by atoms with Crippen molar-refractivity contribution in [1.82, 2.24) is 15.2 Å². The molecule has 1 saturated carbocycles. The van der Waals surface area contributed by atoms with Crippen LogP contribution in [0.5, 0.6) is 5.75 Å². The normalized spacial score (nSPS) is 25.1. The van der Waals surface area contributed by atoms with Gasteiger partial charge in [-0.05, 0) is 62.3 Å². The Morgan fingerprint density at radius 1 is 1.17 bits per heavy atom. The zero-order valence-electron chi connectivity index (χ0n) is 20.3. The molecule has 2 N–H and O–H groups in total. The van der Waals surface area contributed by atoms with E-state index in [2.05, 4.69) is 20.5 Å². The number of methoxy groups -OCH3 is 2. The molecule has 1 saturated heterocycles. The van der Waals surface area contributed by atoms with Gasteiger partial charge in [0, 0.05) is 55.5 Å². The van der Waals surface area contributed by atoms with E-state index in [0.717, 1.165) is 38.8 Å². The topological polar surface area (TPSA) is 75.7 Å². The van der Waals surface area contributed by atoms with Crippen LogP contribution >= 0.6 is 11.6 Å². The second-order valence-corrected chi connectivity index (χ2v) is 9.92. The third kappa shape index (κ3) is 6.84. The number of carbonyl (C=O) groups is 1. The van der Waals surface area contributed by atoms with E-state index in [4.69, 9.17) is 21.1 Å². The minimum atomic E-state index is -0.415. The van der Waals surface area contributed by atoms with Crippen LogP contribution in [0.3, 0.4) is 0 Å². The van der Waals surface area contributed by atoms with Gasteiger partial charge >= 0.3 is 6.03 Å². The van der Waals surface area contributed by atoms with E-state index in [0.29, 0.717) is 47.1 Å². The van der Waals surface area contributed by atoms with Crippen LogP contribution in [0.4, 0.5) is 14.9 Å². The maximum absolute atomic E-state index is 15.1. The molecule has 0 bridgehead atoms. The van der Waals surface area contributed by atoms with Gasteiger partial charge in [-0.1, -0.05) is 11.6 Å². The van der Waals surface area contributed by atoms with E-state index >= 15 is 4.39 Å². The average molecular weight is 505 g/mol. The van der Waals surface area contributed by atoms with Gasteiger partial charge in [0.1, 0.15) is 11.6 Å². The number of hydrogen-bond donors (Lipinski definition) is 2. The molecule has 1 aliphatic heterocycles. The third-order valence-electron chi connectivity index (χ3n) is 7.19. The van der Waals surface area contributed by atoms with Gasteiger partial charge in [0.25, 0.3) is 0 Å². The molecule has 1 aliphatic carbocycles. The lowest BCUT2D eigenvalue weighted by molar-refractivity contribution is 0.0459. The molecule has 1 aromatic heterocycles. The van der Waals surface area contributed by atoms with Crippen LogP contribution in [0.1, 0.15) is 43.7 Å². The Morgan fingerprint density at radius 2 is 1.91 bits per heavy atom. The number of piperidine rings is 1. The number of carbonyl (C=O) groups excluding carboxylic acids is 1. The molecule has 2 heterocycles. The summed E-state index contributed by atoms with van der Waals surface area (Å²) in [7, 11) is 3.27. The van der Waals surface area contributed by atoms with Gasteiger partial charge in [0.15, 0.2) is 0 Å². The van der Waals surface area contributed by atoms with E-state index in [9.17, 15) is 4.79 Å². The Kier molecular flexibility index (Phi) is 8.81. The second-order valence-electron chi connectivity index (χ2n) is 9.49. The van der Waals surface area contributed by atoms with Crippen LogP contribution in [0.25, 0.3) is 0 Å². The maximum Gasteiger partial charge on any atom is 0.319 e. The Morgan fingerprint density at radius 3 is 2.57 bits per heavy atom. The molecule has 0 spiro atoms. The van der Waals surface area contributed by atoms with Crippen LogP contribution in [0.2, 0.25) is 5.02 Å². The summed E-state index contributed by atoms with van der Waals surface area (Å²) in [6.45, 7) is 2.44. The first kappa shape index (κ1) is 25.7. The van der Waals surface area contributed by atoms with Gasteiger partial charge in [-0.2, -0.15) is 0 Å². The van der Waals surface area contributed by atoms with Crippen molar-refractivity contribution >= 4 is 23.3 Å². The lowest BCUT2D eigenvalue weighted by Crippen LogP contribution is -2.52. The van der Waals surface area contributed by atoms with E-state index in [-0.39, 0.29) is 18.0 Å². The molecular weight excluding hydrogens is 471 g/mol. The largest absolute Gasteiger partial charge is 0.495 e. The SMILES string of the molecule is COc1cnc([C@@H]2CN(CC3CCC(OC)CC3)CC[C@H]2NC(=O)Nc2ccc(Cl)cc2)c(F)c1. The molecule has 2 fully saturated rings. The molecule has 2 atom stereocenters. The molecule has 2 aliphatic rings. The van der Waals surface area contributed by atoms with Gasteiger partial charge in [-0.15, -0.1) is 0 Å². The zero-order valence-corrected chi connectivity index (χ0v) is 21.1. The maximum atomic E-state index is 15.1. The first-order valence-electron chi connectivity index (χ1n) is 12.2. The predicted molar refractivity (Wildman–Crippen MR) is 135 cm³/mol. The Labute approximate surface area is 211 Å². The van der Waals surface area contributed by atoms with Gasteiger partial charge in [0.05, 0.1) is 25.1 Å². The fraction of sp³-hybridized carbons (Fsp3) is 0.538. The Hall–Kier alpha value is -2.42. The molecule has 2 amide bonds. The Bertz CT molecular complexity index is 985. The van der Waals surface area contributed by atoms with Crippen LogP contribution in [-0.2, 0) is 4.74 Å². The van der Waals surface area contributed by atoms with Crippen LogP contribution in [-0.4, -0.2) is 61.9 Å². The standard InChI is InChI=1S/C26H34ClFN4O3/c1-34-20-9-3-17(4-10-20)15-32-12-11-24(31-26(33)30-19-7-5-18(27)6-8-19)22(16-32)25-23(28)13-21(35-2)14-29-25/h5-8,13-14,17,20,22,24H,3-4,9-12,15-16H2,1-2H3,(H2,30,31,33)/t17?,20?,22-,24-/m1/s1. The molecule has 0 unspecified atom stereocenters. The van der Waals surface area contributed by atoms with E-state index in [1.165, 1.54) is 19.4 Å². The van der Waals surface area contributed by atoms with Gasteiger partial charge in [0.2, 0.25) is 0 Å². The summed E-state index contributed by atoms with van der Waals surface area (Å²) < 4.78 is 25.7. The minimum Gasteiger partial charge on any atom is -0.495 e. The number of halogens is 2. The fourth-order valence-electron chi connectivity index (χ4n) is 5.23. The lowest BCUT2D eigenvalue weighted by atomic mass is 9.84. The molecule has 7 nitrogen and oxygen atoms in total. The quantitative estimate of drug-likeness (QED) is 0.550. The number of amides is 2. The number of pyridine rings is 1. The summed E-state index contributed by atoms with van der Waals surface area (Å²) in [4.78, 5) is 19.6. The number of benzene rings is 1. The third-order valence-corrected chi connectivity index (χ3v) is 7.44. The molecule has 2 aromatic rings. The number of rotatable bonds is 7. The number of nitrogens with zero attached hydrogens (tertiary/aromatic N) is 2. The van der Waals surface area contributed by atoms with E-state index in [1.807, 2.05) is 0 Å². The molecule has 1 aromatic carbocycles. The van der Waals surface area contributed by atoms with Crippen molar-refractivity contribution in [1.29, 1.82) is 0 Å². The van der Waals surface area contributed by atoms with Gasteiger partial charge < -0.3 is 25.0 Å². The van der Waals surface area contributed by atoms with Crippen LogP contribution in [0.15, 0.2) is 36.5 Å². The second kappa shape index (κ2) is 12.0. The van der Waals surface area contributed by atoms with Crippen molar-refractivity contribution in [2.24, 2.45) is 5.92 Å². The molecule has 4 rings (SSSR count). The molecule has 0 radical (unpaired) electrons. The fourth-order valence-corrected chi connectivity index (χ4v) is 5.36. The van der Waals surface area contributed by atoms with E-state index in [1.54, 1.807) is 31.4 Å². The number of urea groups is 1. The van der Waals surface area contributed by atoms with E-state index < -0.39 is 5.82 Å². The van der Waals surface area contributed by atoms with Crippen molar-refractivity contribution in [3.8, 4) is 5.75 Å². The number of likely N-dealkylation sites (tertiary alicyclic amines) is 1.